The second-order valence-corrected chi connectivity index (χ2v) is 5.31. The molecule has 0 aliphatic heterocycles. The zero-order chi connectivity index (χ0) is 12.7. The van der Waals surface area contributed by atoms with Gasteiger partial charge < -0.3 is 5.73 Å². The highest BCUT2D eigenvalue weighted by atomic mass is 35.7. The molecule has 0 aliphatic carbocycles. The van der Waals surface area contributed by atoms with Crippen LogP contribution in [0.3, 0.4) is 0 Å². The molecule has 0 amide bonds. The molecule has 0 spiro atoms. The van der Waals surface area contributed by atoms with Gasteiger partial charge in [0.25, 0.3) is 9.05 Å². The van der Waals surface area contributed by atoms with Gasteiger partial charge in [-0.3, -0.25) is 0 Å². The molecule has 0 saturated carbocycles. The number of rotatable bonds is 1. The molecule has 0 fully saturated rings. The van der Waals surface area contributed by atoms with Crippen molar-refractivity contribution in [2.45, 2.75) is 11.1 Å². The summed E-state index contributed by atoms with van der Waals surface area (Å²) < 4.78 is 72.0. The van der Waals surface area contributed by atoms with Gasteiger partial charge in [-0.05, 0) is 12.1 Å². The standard InChI is InChI=1S/C7H4ClF4NO2S/c8-16(14,15)4-2-1-3(13)6(9)5(4)7(10,11)12/h1-2H,13H2. The fourth-order valence-corrected chi connectivity index (χ4v) is 2.11. The first-order valence-electron chi connectivity index (χ1n) is 3.65. The summed E-state index contributed by atoms with van der Waals surface area (Å²) in [5.41, 5.74) is 2.12. The third kappa shape index (κ3) is 2.38. The molecule has 0 bridgehead atoms. The molecule has 0 saturated heterocycles. The van der Waals surface area contributed by atoms with E-state index < -0.39 is 37.2 Å². The number of nitrogen functional groups attached to an aromatic ring is 1. The van der Waals surface area contributed by atoms with Gasteiger partial charge in [0.2, 0.25) is 0 Å². The van der Waals surface area contributed by atoms with Crippen molar-refractivity contribution in [3.63, 3.8) is 0 Å². The minimum absolute atomic E-state index is 0.504. The van der Waals surface area contributed by atoms with Crippen molar-refractivity contribution < 1.29 is 26.0 Å². The Kier molecular flexibility index (Phi) is 3.08. The lowest BCUT2D eigenvalue weighted by atomic mass is 10.2. The molecular weight excluding hydrogens is 274 g/mol. The predicted molar refractivity (Wildman–Crippen MR) is 48.9 cm³/mol. The number of alkyl halides is 3. The van der Waals surface area contributed by atoms with Crippen molar-refractivity contribution in [2.24, 2.45) is 0 Å². The van der Waals surface area contributed by atoms with Gasteiger partial charge in [-0.25, -0.2) is 12.8 Å². The Morgan fingerprint density at radius 3 is 2.12 bits per heavy atom. The van der Waals surface area contributed by atoms with E-state index in [0.717, 1.165) is 0 Å². The molecule has 0 aromatic heterocycles. The van der Waals surface area contributed by atoms with Crippen molar-refractivity contribution in [3.8, 4) is 0 Å². The van der Waals surface area contributed by atoms with Crippen LogP contribution in [0.15, 0.2) is 17.0 Å². The van der Waals surface area contributed by atoms with Crippen LogP contribution in [-0.2, 0) is 15.2 Å². The maximum atomic E-state index is 13.1. The van der Waals surface area contributed by atoms with E-state index in [4.69, 9.17) is 16.4 Å². The molecule has 1 rings (SSSR count). The predicted octanol–water partition coefficient (Wildman–Crippen LogP) is 2.35. The average molecular weight is 278 g/mol. The lowest BCUT2D eigenvalue weighted by Crippen LogP contribution is -2.15. The van der Waals surface area contributed by atoms with E-state index >= 15 is 0 Å². The van der Waals surface area contributed by atoms with Gasteiger partial charge in [-0.15, -0.1) is 0 Å². The topological polar surface area (TPSA) is 60.2 Å². The third-order valence-corrected chi connectivity index (χ3v) is 3.04. The second kappa shape index (κ2) is 3.77. The smallest absolute Gasteiger partial charge is 0.396 e. The van der Waals surface area contributed by atoms with E-state index in [-0.39, 0.29) is 0 Å². The van der Waals surface area contributed by atoms with E-state index in [1.165, 1.54) is 0 Å². The molecule has 9 heteroatoms. The van der Waals surface area contributed by atoms with Gasteiger partial charge in [0, 0.05) is 10.7 Å². The summed E-state index contributed by atoms with van der Waals surface area (Å²) in [6.07, 6.45) is -5.20. The maximum Gasteiger partial charge on any atom is 0.420 e. The van der Waals surface area contributed by atoms with E-state index in [1.807, 2.05) is 0 Å². The second-order valence-electron chi connectivity index (χ2n) is 2.78. The Labute approximate surface area is 92.2 Å². The highest BCUT2D eigenvalue weighted by molar-refractivity contribution is 8.13. The molecule has 1 aromatic rings. The van der Waals surface area contributed by atoms with Crippen LogP contribution < -0.4 is 5.73 Å². The van der Waals surface area contributed by atoms with Crippen molar-refractivity contribution in [1.82, 2.24) is 0 Å². The van der Waals surface area contributed by atoms with Crippen LogP contribution >= 0.6 is 10.7 Å². The molecule has 3 nitrogen and oxygen atoms in total. The Balaban J connectivity index is 3.73. The van der Waals surface area contributed by atoms with Gasteiger partial charge >= 0.3 is 6.18 Å². The van der Waals surface area contributed by atoms with E-state index in [1.54, 1.807) is 0 Å². The van der Waals surface area contributed by atoms with Crippen LogP contribution in [0.4, 0.5) is 23.2 Å². The Hall–Kier alpha value is -1.02. The number of hydrogen-bond acceptors (Lipinski definition) is 3. The van der Waals surface area contributed by atoms with Crippen LogP contribution in [0.1, 0.15) is 5.56 Å². The normalized spacial score (nSPS) is 12.8. The van der Waals surface area contributed by atoms with Gasteiger partial charge in [0.1, 0.15) is 5.56 Å². The number of benzene rings is 1. The molecule has 0 unspecified atom stereocenters. The summed E-state index contributed by atoms with van der Waals surface area (Å²) in [6.45, 7) is 0. The quantitative estimate of drug-likeness (QED) is 0.487. The zero-order valence-corrected chi connectivity index (χ0v) is 8.92. The van der Waals surface area contributed by atoms with Gasteiger partial charge in [-0.2, -0.15) is 13.2 Å². The monoisotopic (exact) mass is 277 g/mol. The molecule has 0 radical (unpaired) electrons. The summed E-state index contributed by atoms with van der Waals surface area (Å²) in [5, 5.41) is 0. The molecule has 2 N–H and O–H groups in total. The molecule has 1 aromatic carbocycles. The summed E-state index contributed by atoms with van der Waals surface area (Å²) >= 11 is 0. The van der Waals surface area contributed by atoms with Crippen molar-refractivity contribution >= 4 is 25.4 Å². The van der Waals surface area contributed by atoms with Gasteiger partial charge in [-0.1, -0.05) is 0 Å². The number of nitrogens with two attached hydrogens (primary N) is 1. The first-order valence-corrected chi connectivity index (χ1v) is 5.96. The summed E-state index contributed by atoms with van der Waals surface area (Å²) in [4.78, 5) is -1.35. The summed E-state index contributed by atoms with van der Waals surface area (Å²) in [7, 11) is 0.0596. The molecule has 0 aliphatic rings. The molecule has 0 atom stereocenters. The van der Waals surface area contributed by atoms with Crippen LogP contribution in [0.5, 0.6) is 0 Å². The lowest BCUT2D eigenvalue weighted by Gasteiger charge is -2.12. The first kappa shape index (κ1) is 13.0. The highest BCUT2D eigenvalue weighted by Crippen LogP contribution is 2.38. The largest absolute Gasteiger partial charge is 0.420 e. The van der Waals surface area contributed by atoms with E-state index in [9.17, 15) is 26.0 Å². The fourth-order valence-electron chi connectivity index (χ4n) is 1.04. The van der Waals surface area contributed by atoms with Crippen LogP contribution in [-0.4, -0.2) is 8.42 Å². The zero-order valence-electron chi connectivity index (χ0n) is 7.35. The number of anilines is 1. The highest BCUT2D eigenvalue weighted by Gasteiger charge is 2.40. The maximum absolute atomic E-state index is 13.1. The summed E-state index contributed by atoms with van der Waals surface area (Å²) in [6, 6.07) is 1.20. The first-order chi connectivity index (χ1) is 7.05. The average Bonchev–Trinajstić information content (AvgIpc) is 2.05. The van der Waals surface area contributed by atoms with Crippen LogP contribution in [0.2, 0.25) is 0 Å². The number of hydrogen-bond donors (Lipinski definition) is 1. The minimum atomic E-state index is -5.20. The molecule has 16 heavy (non-hydrogen) atoms. The number of halogens is 5. The SMILES string of the molecule is Nc1ccc(S(=O)(=O)Cl)c(C(F)(F)F)c1F. The van der Waals surface area contributed by atoms with E-state index in [2.05, 4.69) is 0 Å². The minimum Gasteiger partial charge on any atom is -0.396 e. The van der Waals surface area contributed by atoms with Crippen LogP contribution in [0.25, 0.3) is 0 Å². The fraction of sp³-hybridized carbons (Fsp3) is 0.143. The molecule has 0 heterocycles. The van der Waals surface area contributed by atoms with Crippen molar-refractivity contribution in [3.05, 3.63) is 23.5 Å². The van der Waals surface area contributed by atoms with Crippen molar-refractivity contribution in [2.75, 3.05) is 5.73 Å². The summed E-state index contributed by atoms with van der Waals surface area (Å²) in [5.74, 6) is -1.85. The molecular formula is C7H4ClF4NO2S. The third-order valence-electron chi connectivity index (χ3n) is 1.68. The Morgan fingerprint density at radius 1 is 1.25 bits per heavy atom. The van der Waals surface area contributed by atoms with Gasteiger partial charge in [0.05, 0.1) is 10.6 Å². The Morgan fingerprint density at radius 2 is 1.75 bits per heavy atom. The van der Waals surface area contributed by atoms with Crippen molar-refractivity contribution in [1.29, 1.82) is 0 Å². The Bertz CT molecular complexity index is 526. The van der Waals surface area contributed by atoms with E-state index in [0.29, 0.717) is 12.1 Å². The lowest BCUT2D eigenvalue weighted by molar-refractivity contribution is -0.142. The van der Waals surface area contributed by atoms with Gasteiger partial charge in [0.15, 0.2) is 5.82 Å². The molecule has 90 valence electrons. The van der Waals surface area contributed by atoms with Crippen LogP contribution in [0, 0.1) is 5.82 Å².